The van der Waals surface area contributed by atoms with Crippen molar-refractivity contribution < 1.29 is 13.2 Å². The molecule has 1 fully saturated rings. The fourth-order valence-corrected chi connectivity index (χ4v) is 3.38. The molecule has 1 aliphatic rings. The zero-order valence-corrected chi connectivity index (χ0v) is 13.2. The molecule has 8 heteroatoms. The summed E-state index contributed by atoms with van der Waals surface area (Å²) in [5.41, 5.74) is 0. The predicted octanol–water partition coefficient (Wildman–Crippen LogP) is 0.122. The van der Waals surface area contributed by atoms with E-state index in [0.29, 0.717) is 19.0 Å². The topological polar surface area (TPSA) is 83.6 Å². The molecule has 0 bridgehead atoms. The number of rotatable bonds is 6. The minimum absolute atomic E-state index is 0.127. The molecular weight excluding hydrogens is 292 g/mol. The number of likely N-dealkylation sites (N-methyl/N-ethyl adjacent to an activating group) is 1. The van der Waals surface area contributed by atoms with Crippen molar-refractivity contribution in [1.29, 1.82) is 0 Å². The third-order valence-electron chi connectivity index (χ3n) is 3.25. The quantitative estimate of drug-likeness (QED) is 0.776. The molecule has 1 aliphatic heterocycles. The second-order valence-electron chi connectivity index (χ2n) is 4.99. The van der Waals surface area contributed by atoms with Gasteiger partial charge in [-0.05, 0) is 26.1 Å². The van der Waals surface area contributed by atoms with E-state index in [1.807, 2.05) is 14.0 Å². The third kappa shape index (κ3) is 4.37. The first kappa shape index (κ1) is 16.2. The van der Waals surface area contributed by atoms with Crippen LogP contribution in [0.15, 0.2) is 23.2 Å². The molecule has 0 aliphatic carbocycles. The molecule has 0 spiro atoms. The van der Waals surface area contributed by atoms with Crippen molar-refractivity contribution in [3.63, 3.8) is 0 Å². The smallest absolute Gasteiger partial charge is 0.244 e. The van der Waals surface area contributed by atoms with E-state index >= 15 is 0 Å². The van der Waals surface area contributed by atoms with Crippen LogP contribution in [0.25, 0.3) is 0 Å². The van der Waals surface area contributed by atoms with E-state index in [1.54, 1.807) is 18.3 Å². The Labute approximate surface area is 125 Å². The second-order valence-corrected chi connectivity index (χ2v) is 6.72. The Morgan fingerprint density at radius 2 is 2.33 bits per heavy atom. The number of sulfonamides is 1. The Balaban J connectivity index is 2.04. The molecule has 1 aromatic heterocycles. The molecule has 1 atom stereocenters. The van der Waals surface area contributed by atoms with Gasteiger partial charge in [0, 0.05) is 32.4 Å². The van der Waals surface area contributed by atoms with Crippen molar-refractivity contribution in [3.05, 3.63) is 18.3 Å². The van der Waals surface area contributed by atoms with Gasteiger partial charge < -0.3 is 15.0 Å². The lowest BCUT2D eigenvalue weighted by atomic mass is 10.3. The Hall–Kier alpha value is -1.22. The highest BCUT2D eigenvalue weighted by atomic mass is 32.2. The van der Waals surface area contributed by atoms with Gasteiger partial charge in [-0.2, -0.15) is 0 Å². The van der Waals surface area contributed by atoms with Crippen molar-refractivity contribution in [1.82, 2.24) is 14.6 Å². The standard InChI is InChI=1S/C13H22N4O3S/c1-3-14-13-12(5-4-6-15-13)21(18,19)16-9-11-10-17(2)7-8-20-11/h4-6,11,16H,3,7-10H2,1-2H3,(H,14,15). The lowest BCUT2D eigenvalue weighted by Crippen LogP contribution is -2.45. The summed E-state index contributed by atoms with van der Waals surface area (Å²) in [6.07, 6.45) is 1.44. The Morgan fingerprint density at radius 1 is 1.52 bits per heavy atom. The molecule has 0 amide bonds. The highest BCUT2D eigenvalue weighted by molar-refractivity contribution is 7.89. The summed E-state index contributed by atoms with van der Waals surface area (Å²) in [4.78, 5) is 6.36. The molecule has 0 radical (unpaired) electrons. The molecule has 0 aromatic carbocycles. The molecule has 1 unspecified atom stereocenters. The predicted molar refractivity (Wildman–Crippen MR) is 80.8 cm³/mol. The Morgan fingerprint density at radius 3 is 3.05 bits per heavy atom. The van der Waals surface area contributed by atoms with Gasteiger partial charge in [0.05, 0.1) is 12.7 Å². The summed E-state index contributed by atoms with van der Waals surface area (Å²) in [7, 11) is -1.61. The van der Waals surface area contributed by atoms with E-state index < -0.39 is 10.0 Å². The van der Waals surface area contributed by atoms with Crippen LogP contribution in [0, 0.1) is 0 Å². The number of ether oxygens (including phenoxy) is 1. The van der Waals surface area contributed by atoms with Crippen LogP contribution < -0.4 is 10.0 Å². The van der Waals surface area contributed by atoms with Gasteiger partial charge in [0.1, 0.15) is 10.7 Å². The normalized spacial score (nSPS) is 20.4. The van der Waals surface area contributed by atoms with Crippen LogP contribution >= 0.6 is 0 Å². The van der Waals surface area contributed by atoms with Crippen LogP contribution in [0.5, 0.6) is 0 Å². The van der Waals surface area contributed by atoms with E-state index in [-0.39, 0.29) is 17.5 Å². The molecule has 21 heavy (non-hydrogen) atoms. The van der Waals surface area contributed by atoms with Crippen molar-refractivity contribution in [2.75, 3.05) is 45.2 Å². The molecule has 7 nitrogen and oxygen atoms in total. The number of anilines is 1. The second kappa shape index (κ2) is 7.17. The molecular formula is C13H22N4O3S. The van der Waals surface area contributed by atoms with Gasteiger partial charge in [-0.1, -0.05) is 0 Å². The number of nitrogens with zero attached hydrogens (tertiary/aromatic N) is 2. The van der Waals surface area contributed by atoms with Gasteiger partial charge in [-0.3, -0.25) is 0 Å². The number of morpholine rings is 1. The molecule has 1 saturated heterocycles. The SMILES string of the molecule is CCNc1ncccc1S(=O)(=O)NCC1CN(C)CCO1. The lowest BCUT2D eigenvalue weighted by Gasteiger charge is -2.30. The van der Waals surface area contributed by atoms with Crippen LogP contribution in [0.4, 0.5) is 5.82 Å². The third-order valence-corrected chi connectivity index (χ3v) is 4.70. The highest BCUT2D eigenvalue weighted by Crippen LogP contribution is 2.17. The maximum atomic E-state index is 12.4. The largest absolute Gasteiger partial charge is 0.374 e. The Kier molecular flexibility index (Phi) is 5.51. The van der Waals surface area contributed by atoms with E-state index in [9.17, 15) is 8.42 Å². The average molecular weight is 314 g/mol. The van der Waals surface area contributed by atoms with Crippen molar-refractivity contribution in [2.24, 2.45) is 0 Å². The van der Waals surface area contributed by atoms with Crippen LogP contribution in [-0.2, 0) is 14.8 Å². The number of hydrogen-bond acceptors (Lipinski definition) is 6. The summed E-state index contributed by atoms with van der Waals surface area (Å²) >= 11 is 0. The summed E-state index contributed by atoms with van der Waals surface area (Å²) < 4.78 is 32.9. The summed E-state index contributed by atoms with van der Waals surface area (Å²) in [5, 5.41) is 2.96. The number of nitrogens with one attached hydrogen (secondary N) is 2. The maximum absolute atomic E-state index is 12.4. The molecule has 118 valence electrons. The van der Waals surface area contributed by atoms with Crippen LogP contribution in [0.2, 0.25) is 0 Å². The van der Waals surface area contributed by atoms with E-state index in [4.69, 9.17) is 4.74 Å². The minimum Gasteiger partial charge on any atom is -0.374 e. The molecule has 0 saturated carbocycles. The van der Waals surface area contributed by atoms with Gasteiger partial charge in [0.25, 0.3) is 0 Å². The first-order valence-corrected chi connectivity index (χ1v) is 8.50. The van der Waals surface area contributed by atoms with Gasteiger partial charge in [-0.25, -0.2) is 18.1 Å². The highest BCUT2D eigenvalue weighted by Gasteiger charge is 2.23. The monoisotopic (exact) mass is 314 g/mol. The molecule has 1 aromatic rings. The van der Waals surface area contributed by atoms with Gasteiger partial charge in [-0.15, -0.1) is 0 Å². The fourth-order valence-electron chi connectivity index (χ4n) is 2.18. The zero-order chi connectivity index (χ0) is 15.3. The first-order chi connectivity index (χ1) is 10.0. The lowest BCUT2D eigenvalue weighted by molar-refractivity contribution is -0.0156. The van der Waals surface area contributed by atoms with Crippen LogP contribution in [0.1, 0.15) is 6.92 Å². The first-order valence-electron chi connectivity index (χ1n) is 7.01. The minimum atomic E-state index is -3.60. The fraction of sp³-hybridized carbons (Fsp3) is 0.615. The van der Waals surface area contributed by atoms with Crippen LogP contribution in [0.3, 0.4) is 0 Å². The van der Waals surface area contributed by atoms with Gasteiger partial charge in [0.15, 0.2) is 0 Å². The summed E-state index contributed by atoms with van der Waals surface area (Å²) in [6.45, 7) is 4.97. The number of pyridine rings is 1. The van der Waals surface area contributed by atoms with Crippen molar-refractivity contribution >= 4 is 15.8 Å². The average Bonchev–Trinajstić information content (AvgIpc) is 2.46. The molecule has 2 heterocycles. The maximum Gasteiger partial charge on any atom is 0.244 e. The van der Waals surface area contributed by atoms with Crippen molar-refractivity contribution in [2.45, 2.75) is 17.9 Å². The zero-order valence-electron chi connectivity index (χ0n) is 12.4. The van der Waals surface area contributed by atoms with Crippen LogP contribution in [-0.4, -0.2) is 64.2 Å². The Bertz CT molecular complexity index is 564. The van der Waals surface area contributed by atoms with E-state index in [2.05, 4.69) is 19.9 Å². The molecule has 2 N–H and O–H groups in total. The van der Waals surface area contributed by atoms with Gasteiger partial charge >= 0.3 is 0 Å². The summed E-state index contributed by atoms with van der Waals surface area (Å²) in [5.74, 6) is 0.370. The number of hydrogen-bond donors (Lipinski definition) is 2. The van der Waals surface area contributed by atoms with Crippen molar-refractivity contribution in [3.8, 4) is 0 Å². The number of aromatic nitrogens is 1. The van der Waals surface area contributed by atoms with E-state index in [0.717, 1.165) is 13.1 Å². The summed E-state index contributed by atoms with van der Waals surface area (Å²) in [6, 6.07) is 3.15. The van der Waals surface area contributed by atoms with E-state index in [1.165, 1.54) is 0 Å². The molecule has 2 rings (SSSR count). The van der Waals surface area contributed by atoms with Gasteiger partial charge in [0.2, 0.25) is 10.0 Å².